The van der Waals surface area contributed by atoms with Crippen molar-refractivity contribution in [2.75, 3.05) is 11.5 Å². The second-order valence-electron chi connectivity index (χ2n) is 12.9. The van der Waals surface area contributed by atoms with E-state index in [2.05, 4.69) is 17.7 Å². The van der Waals surface area contributed by atoms with Crippen LogP contribution in [0.4, 0.5) is 10.5 Å². The first-order valence-electron chi connectivity index (χ1n) is 17.3. The smallest absolute Gasteiger partial charge is 0.726 e. The van der Waals surface area contributed by atoms with Crippen molar-refractivity contribution < 1.29 is 85.6 Å². The number of carboxylic acids is 1. The van der Waals surface area contributed by atoms with Gasteiger partial charge in [-0.3, -0.25) is 13.8 Å². The van der Waals surface area contributed by atoms with Gasteiger partial charge in [0.05, 0.1) is 24.1 Å². The van der Waals surface area contributed by atoms with Gasteiger partial charge in [0, 0.05) is 21.5 Å². The minimum atomic E-state index is -4.48. The van der Waals surface area contributed by atoms with E-state index in [-0.39, 0.29) is 53.9 Å². The molecule has 0 saturated carbocycles. The number of aliphatic carboxylic acids is 1. The van der Waals surface area contributed by atoms with Gasteiger partial charge in [-0.1, -0.05) is 101 Å². The summed E-state index contributed by atoms with van der Waals surface area (Å²) < 4.78 is 44.8. The number of rotatable bonds is 15. The normalized spacial score (nSPS) is 20.7. The molecule has 294 valence electrons. The SMILES string of the molecule is C=CC1(C)OC(=O)N(c2cc(Cl)cc(Cl)c2)C1=O.CC1=C2C(=CO[C@H](C)[C@H]2C)C(O)=C(C(=O)O)C1=O.CCCCCCCCCCCCOS(=O)(=O)[O-].[Na+]. The van der Waals surface area contributed by atoms with E-state index in [9.17, 15) is 37.3 Å². The summed E-state index contributed by atoms with van der Waals surface area (Å²) in [6.45, 7) is 12.5. The fourth-order valence-corrected chi connectivity index (χ4v) is 6.50. The Morgan fingerprint density at radius 1 is 1.02 bits per heavy atom. The van der Waals surface area contributed by atoms with E-state index < -0.39 is 51.1 Å². The number of allylic oxidation sites excluding steroid dienone is 2. The third kappa shape index (κ3) is 14.1. The quantitative estimate of drug-likeness (QED) is 0.0561. The maximum atomic E-state index is 12.1. The number of ketones is 1. The van der Waals surface area contributed by atoms with E-state index >= 15 is 0 Å². The monoisotopic (exact) mass is 823 g/mol. The third-order valence-electron chi connectivity index (χ3n) is 8.86. The number of aliphatic hydroxyl groups is 1. The molecule has 1 fully saturated rings. The second kappa shape index (κ2) is 22.8. The number of carboxylic acid groups (broad SMARTS) is 1. The number of anilines is 1. The Labute approximate surface area is 349 Å². The van der Waals surface area contributed by atoms with Gasteiger partial charge >= 0.3 is 41.6 Å². The minimum Gasteiger partial charge on any atom is -0.726 e. The van der Waals surface area contributed by atoms with E-state index in [1.807, 2.05) is 13.8 Å². The Hall–Kier alpha value is -2.69. The Bertz CT molecular complexity index is 1720. The van der Waals surface area contributed by atoms with Gasteiger partial charge in [0.1, 0.15) is 17.4 Å². The van der Waals surface area contributed by atoms with Gasteiger partial charge in [-0.25, -0.2) is 22.9 Å². The number of cyclic esters (lactones) is 1. The van der Waals surface area contributed by atoms with Gasteiger partial charge in [0.2, 0.25) is 16.0 Å². The van der Waals surface area contributed by atoms with Gasteiger partial charge in [0.15, 0.2) is 5.78 Å². The number of fused-ring (bicyclic) bond motifs is 1. The van der Waals surface area contributed by atoms with Crippen LogP contribution in [0.3, 0.4) is 0 Å². The average molecular weight is 825 g/mol. The molecule has 2 heterocycles. The van der Waals surface area contributed by atoms with E-state index in [1.165, 1.54) is 82.4 Å². The molecule has 0 spiro atoms. The zero-order valence-corrected chi connectivity index (χ0v) is 35.9. The molecule has 13 nitrogen and oxygen atoms in total. The van der Waals surface area contributed by atoms with Crippen molar-refractivity contribution in [1.82, 2.24) is 0 Å². The van der Waals surface area contributed by atoms with E-state index in [0.717, 1.165) is 17.7 Å². The van der Waals surface area contributed by atoms with Crippen molar-refractivity contribution in [3.05, 3.63) is 75.2 Å². The number of carbonyl (C=O) groups excluding carboxylic acids is 3. The number of imide groups is 1. The van der Waals surface area contributed by atoms with E-state index in [0.29, 0.717) is 33.2 Å². The first-order chi connectivity index (χ1) is 24.8. The van der Waals surface area contributed by atoms with Gasteiger partial charge in [-0.05, 0) is 57.0 Å². The second-order valence-corrected chi connectivity index (χ2v) is 14.8. The molecule has 3 atom stereocenters. The molecular formula is C37H48Cl2NNaO12S. The van der Waals surface area contributed by atoms with Gasteiger partial charge in [0.25, 0.3) is 5.91 Å². The third-order valence-corrected chi connectivity index (χ3v) is 9.75. The van der Waals surface area contributed by atoms with E-state index in [1.54, 1.807) is 6.92 Å². The van der Waals surface area contributed by atoms with Crippen LogP contribution < -0.4 is 34.5 Å². The molecule has 54 heavy (non-hydrogen) atoms. The molecule has 17 heteroatoms. The first kappa shape index (κ1) is 49.3. The summed E-state index contributed by atoms with van der Waals surface area (Å²) in [5, 5.41) is 19.5. The van der Waals surface area contributed by atoms with Crippen LogP contribution in [0.15, 0.2) is 65.2 Å². The fraction of sp³-hybridized carbons (Fsp3) is 0.514. The number of halogens is 2. The van der Waals surface area contributed by atoms with Crippen molar-refractivity contribution in [2.24, 2.45) is 5.92 Å². The summed E-state index contributed by atoms with van der Waals surface area (Å²) in [6, 6.07) is 4.42. The van der Waals surface area contributed by atoms with Crippen molar-refractivity contribution >= 4 is 63.0 Å². The molecule has 2 N–H and O–H groups in total. The molecule has 1 aliphatic carbocycles. The van der Waals surface area contributed by atoms with Crippen LogP contribution in [0.1, 0.15) is 98.8 Å². The molecule has 0 radical (unpaired) electrons. The molecular weight excluding hydrogens is 776 g/mol. The summed E-state index contributed by atoms with van der Waals surface area (Å²) in [5.41, 5.74) is -0.345. The summed E-state index contributed by atoms with van der Waals surface area (Å²) in [7, 11) is -4.48. The Balaban J connectivity index is 0.000000402. The summed E-state index contributed by atoms with van der Waals surface area (Å²) in [5.74, 6) is -3.17. The van der Waals surface area contributed by atoms with Gasteiger partial charge in [-0.2, -0.15) is 0 Å². The van der Waals surface area contributed by atoms with Crippen LogP contribution >= 0.6 is 23.2 Å². The molecule has 2 aliphatic heterocycles. The van der Waals surface area contributed by atoms with Crippen LogP contribution in [0.5, 0.6) is 0 Å². The van der Waals surface area contributed by atoms with Gasteiger partial charge in [-0.15, -0.1) is 0 Å². The fourth-order valence-electron chi connectivity index (χ4n) is 5.66. The van der Waals surface area contributed by atoms with Crippen molar-refractivity contribution in [1.29, 1.82) is 0 Å². The molecule has 1 aromatic carbocycles. The zero-order valence-electron chi connectivity index (χ0n) is 31.6. The number of hydrogen-bond donors (Lipinski definition) is 2. The number of amides is 2. The Morgan fingerprint density at radius 2 is 1.54 bits per heavy atom. The van der Waals surface area contributed by atoms with Crippen LogP contribution in [-0.4, -0.2) is 65.2 Å². The average Bonchev–Trinajstić information content (AvgIpc) is 3.30. The number of unbranched alkanes of at least 4 members (excludes halogenated alkanes) is 9. The first-order valence-corrected chi connectivity index (χ1v) is 19.4. The predicted octanol–water partition coefficient (Wildman–Crippen LogP) is 5.53. The van der Waals surface area contributed by atoms with Gasteiger partial charge < -0.3 is 24.2 Å². The van der Waals surface area contributed by atoms with Crippen LogP contribution in [0.25, 0.3) is 0 Å². The Morgan fingerprint density at radius 3 is 2.00 bits per heavy atom. The van der Waals surface area contributed by atoms with Crippen molar-refractivity contribution in [2.45, 2.75) is 111 Å². The van der Waals surface area contributed by atoms with Crippen LogP contribution in [0, 0.1) is 5.92 Å². The number of ether oxygens (including phenoxy) is 2. The molecule has 4 rings (SSSR count). The predicted molar refractivity (Wildman–Crippen MR) is 199 cm³/mol. The summed E-state index contributed by atoms with van der Waals surface area (Å²) >= 11 is 11.7. The standard InChI is InChI=1S/C13H14O5.C12H9Cl2NO3.C12H26O4S.Na/c1-5-7(3)18-4-8-9(5)6(2)11(14)10(12(8)15)13(16)17;1-3-12(2)10(16)15(11(17)18-12)9-5-7(13)4-8(14)6-9;1-2-3-4-5-6-7-8-9-10-11-12-16-17(13,14)15;/h4-5,7,15H,1-3H3,(H,16,17);3-6H,1H2,2H3;2-12H2,1H3,(H,13,14,15);/q;;;+1/p-1/t5-,7-;;;/m1.../s1. The number of aliphatic hydroxyl groups excluding tert-OH is 1. The van der Waals surface area contributed by atoms with E-state index in [4.69, 9.17) is 37.8 Å². The largest absolute Gasteiger partial charge is 1.00 e. The maximum absolute atomic E-state index is 12.1. The van der Waals surface area contributed by atoms with Crippen LogP contribution in [0.2, 0.25) is 10.0 Å². The summed E-state index contributed by atoms with van der Waals surface area (Å²) in [4.78, 5) is 47.7. The van der Waals surface area contributed by atoms with Crippen molar-refractivity contribution in [3.8, 4) is 0 Å². The molecule has 3 aliphatic rings. The molecule has 0 aromatic heterocycles. The summed E-state index contributed by atoms with van der Waals surface area (Å²) in [6.07, 6.45) is 13.4. The zero-order chi connectivity index (χ0) is 40.1. The topological polar surface area (TPSA) is 197 Å². The molecule has 1 saturated heterocycles. The molecule has 1 unspecified atom stereocenters. The number of benzene rings is 1. The molecule has 2 amide bonds. The number of carbonyl (C=O) groups is 4. The minimum absolute atomic E-state index is 0. The molecule has 1 aromatic rings. The van der Waals surface area contributed by atoms with Crippen molar-refractivity contribution in [3.63, 3.8) is 0 Å². The Kier molecular flexibility index (Phi) is 20.8. The number of nitrogens with zero attached hydrogens (tertiary/aromatic N) is 1. The maximum Gasteiger partial charge on any atom is 1.00 e. The molecule has 0 bridgehead atoms. The number of Topliss-reactive ketones (excluding diaryl/α,β-unsaturated/α-hetero) is 1. The van der Waals surface area contributed by atoms with Crippen LogP contribution in [-0.2, 0) is 38.4 Å². The number of hydrogen-bond acceptors (Lipinski definition) is 11.